The summed E-state index contributed by atoms with van der Waals surface area (Å²) < 4.78 is 53.7. The number of nitrogens with one attached hydrogen (secondary N) is 1. The van der Waals surface area contributed by atoms with Crippen molar-refractivity contribution in [2.24, 2.45) is 0 Å². The van der Waals surface area contributed by atoms with Gasteiger partial charge >= 0.3 is 7.82 Å². The summed E-state index contributed by atoms with van der Waals surface area (Å²) in [7, 11) is -7.97. The first-order chi connectivity index (χ1) is 17.1. The van der Waals surface area contributed by atoms with E-state index in [0.717, 1.165) is 16.7 Å². The number of amides is 1. The van der Waals surface area contributed by atoms with Crippen LogP contribution in [0.3, 0.4) is 0 Å². The number of anilines is 1. The molecule has 1 unspecified atom stereocenters. The maximum absolute atomic E-state index is 13.5. The molecule has 0 saturated heterocycles. The molecule has 1 heterocycles. The van der Waals surface area contributed by atoms with Crippen molar-refractivity contribution in [3.05, 3.63) is 85.2 Å². The van der Waals surface area contributed by atoms with E-state index in [9.17, 15) is 17.8 Å². The van der Waals surface area contributed by atoms with Crippen molar-refractivity contribution in [3.8, 4) is 11.5 Å². The summed E-state index contributed by atoms with van der Waals surface area (Å²) >= 11 is 1.51. The zero-order chi connectivity index (χ0) is 26.2. The van der Waals surface area contributed by atoms with Crippen LogP contribution in [0.5, 0.6) is 11.5 Å². The lowest BCUT2D eigenvalue weighted by atomic mass is 10.2. The Morgan fingerprint density at radius 1 is 1.11 bits per heavy atom. The zero-order valence-electron chi connectivity index (χ0n) is 19.6. The number of thioether (sulfide) groups is 1. The van der Waals surface area contributed by atoms with Crippen LogP contribution in [-0.4, -0.2) is 38.4 Å². The van der Waals surface area contributed by atoms with Crippen molar-refractivity contribution >= 4 is 41.0 Å². The fraction of sp³-hybridized carbons (Fsp3) is 0.167. The summed E-state index contributed by atoms with van der Waals surface area (Å²) in [6.45, 7) is 3.00. The molecule has 1 aromatic heterocycles. The highest BCUT2D eigenvalue weighted by Gasteiger charge is 2.32. The molecule has 36 heavy (non-hydrogen) atoms. The summed E-state index contributed by atoms with van der Waals surface area (Å²) in [5.41, 5.74) is 1.27. The predicted molar refractivity (Wildman–Crippen MR) is 139 cm³/mol. The molecular formula is C24H25N2O7PS2. The molecule has 2 aromatic carbocycles. The quantitative estimate of drug-likeness (QED) is 0.186. The molecule has 0 spiro atoms. The number of phosphoric ester groups is 1. The number of carbonyl (C=O) groups excluding carboxylic acids is 1. The number of rotatable bonds is 12. The first kappa shape index (κ1) is 27.5. The van der Waals surface area contributed by atoms with Crippen molar-refractivity contribution < 1.29 is 31.3 Å². The summed E-state index contributed by atoms with van der Waals surface area (Å²) in [6, 6.07) is 13.8. The normalized spacial score (nSPS) is 12.8. The molecule has 0 aliphatic heterocycles. The summed E-state index contributed by atoms with van der Waals surface area (Å²) in [6.07, 6.45) is 8.34. The Morgan fingerprint density at radius 2 is 1.83 bits per heavy atom. The number of allylic oxidation sites excluding steroid dienone is 1. The van der Waals surface area contributed by atoms with Crippen LogP contribution >= 0.6 is 19.6 Å². The van der Waals surface area contributed by atoms with Gasteiger partial charge in [0, 0.05) is 17.3 Å². The maximum Gasteiger partial charge on any atom is 0.588 e. The van der Waals surface area contributed by atoms with Crippen molar-refractivity contribution in [2.45, 2.75) is 16.2 Å². The Hall–Kier alpha value is -3.11. The van der Waals surface area contributed by atoms with Gasteiger partial charge in [-0.15, -0.1) is 18.3 Å². The van der Waals surface area contributed by atoms with Gasteiger partial charge in [0.2, 0.25) is 0 Å². The fourth-order valence-corrected chi connectivity index (χ4v) is 5.13. The minimum atomic E-state index is -4.43. The summed E-state index contributed by atoms with van der Waals surface area (Å²) in [4.78, 5) is 17.5. The lowest BCUT2D eigenvalue weighted by Gasteiger charge is -2.19. The van der Waals surface area contributed by atoms with Crippen LogP contribution in [0.1, 0.15) is 5.56 Å². The number of pyridine rings is 1. The standard InChI is InChI=1S/C24H25N2O7PS2/c1-4-6-18-13-19(16-25-15-18)26-24(27)17-31-34(28,32-20-9-11-22(35-2)12-10-20)33-21-7-5-8-23(14-21)36(3,29)30/h4-5,7-16H,1,6,17H2,2-3H3,(H,26,27). The molecule has 0 radical (unpaired) electrons. The largest absolute Gasteiger partial charge is 0.588 e. The predicted octanol–water partition coefficient (Wildman–Crippen LogP) is 5.16. The van der Waals surface area contributed by atoms with Crippen LogP contribution in [0.2, 0.25) is 0 Å². The molecule has 0 aliphatic carbocycles. The molecule has 3 aromatic rings. The van der Waals surface area contributed by atoms with Crippen molar-refractivity contribution in [1.82, 2.24) is 4.98 Å². The number of hydrogen-bond donors (Lipinski definition) is 1. The third-order valence-electron chi connectivity index (χ3n) is 4.54. The van der Waals surface area contributed by atoms with E-state index in [1.54, 1.807) is 42.6 Å². The Kier molecular flexibility index (Phi) is 9.33. The van der Waals surface area contributed by atoms with Gasteiger partial charge in [-0.05, 0) is 66.8 Å². The van der Waals surface area contributed by atoms with E-state index in [2.05, 4.69) is 16.9 Å². The van der Waals surface area contributed by atoms with Gasteiger partial charge in [0.15, 0.2) is 9.84 Å². The first-order valence-electron chi connectivity index (χ1n) is 10.5. The molecule has 12 heteroatoms. The van der Waals surface area contributed by atoms with E-state index in [1.165, 1.54) is 42.2 Å². The van der Waals surface area contributed by atoms with E-state index >= 15 is 0 Å². The van der Waals surface area contributed by atoms with Crippen LogP contribution in [0.15, 0.2) is 89.4 Å². The van der Waals surface area contributed by atoms with Crippen LogP contribution in [-0.2, 0) is 30.1 Å². The average molecular weight is 549 g/mol. The van der Waals surface area contributed by atoms with Gasteiger partial charge in [0.25, 0.3) is 5.91 Å². The van der Waals surface area contributed by atoms with Gasteiger partial charge in [0.1, 0.15) is 18.1 Å². The molecule has 1 atom stereocenters. The molecule has 0 saturated carbocycles. The summed E-state index contributed by atoms with van der Waals surface area (Å²) in [5, 5.41) is 2.61. The second-order valence-electron chi connectivity index (χ2n) is 7.45. The van der Waals surface area contributed by atoms with E-state index in [0.29, 0.717) is 12.1 Å². The second kappa shape index (κ2) is 12.2. The Balaban J connectivity index is 1.79. The first-order valence-corrected chi connectivity index (χ1v) is 15.1. The molecular weight excluding hydrogens is 523 g/mol. The smallest absolute Gasteiger partial charge is 0.395 e. The Labute approximate surface area is 214 Å². The third kappa shape index (κ3) is 8.23. The second-order valence-corrected chi connectivity index (χ2v) is 11.9. The molecule has 0 aliphatic rings. The van der Waals surface area contributed by atoms with Crippen molar-refractivity contribution in [1.29, 1.82) is 0 Å². The highest BCUT2D eigenvalue weighted by Crippen LogP contribution is 2.50. The van der Waals surface area contributed by atoms with Gasteiger partial charge < -0.3 is 14.4 Å². The lowest BCUT2D eigenvalue weighted by Crippen LogP contribution is -2.19. The molecule has 9 nitrogen and oxygen atoms in total. The maximum atomic E-state index is 13.5. The van der Waals surface area contributed by atoms with Crippen LogP contribution < -0.4 is 14.4 Å². The number of carbonyl (C=O) groups is 1. The number of phosphoric acid groups is 1. The molecule has 3 rings (SSSR count). The molecule has 190 valence electrons. The number of benzene rings is 2. The number of nitrogens with zero attached hydrogens (tertiary/aromatic N) is 1. The third-order valence-corrected chi connectivity index (χ3v) is 7.71. The van der Waals surface area contributed by atoms with Crippen LogP contribution in [0.25, 0.3) is 0 Å². The van der Waals surface area contributed by atoms with Gasteiger partial charge in [-0.1, -0.05) is 12.1 Å². The summed E-state index contributed by atoms with van der Waals surface area (Å²) in [5.74, 6) is -0.511. The van der Waals surface area contributed by atoms with Crippen LogP contribution in [0.4, 0.5) is 5.69 Å². The topological polar surface area (TPSA) is 121 Å². The Bertz CT molecular complexity index is 1380. The Morgan fingerprint density at radius 3 is 2.50 bits per heavy atom. The average Bonchev–Trinajstić information content (AvgIpc) is 2.83. The molecule has 0 fully saturated rings. The van der Waals surface area contributed by atoms with E-state index in [4.69, 9.17) is 13.6 Å². The van der Waals surface area contributed by atoms with E-state index < -0.39 is 30.2 Å². The highest BCUT2D eigenvalue weighted by molar-refractivity contribution is 7.98. The minimum Gasteiger partial charge on any atom is -0.395 e. The van der Waals surface area contributed by atoms with E-state index in [1.807, 2.05) is 6.26 Å². The van der Waals surface area contributed by atoms with Gasteiger partial charge in [-0.3, -0.25) is 14.3 Å². The zero-order valence-corrected chi connectivity index (χ0v) is 22.1. The molecule has 0 bridgehead atoms. The number of hydrogen-bond acceptors (Lipinski definition) is 9. The minimum absolute atomic E-state index is 0.0412. The molecule has 1 N–H and O–H groups in total. The SMILES string of the molecule is C=CCc1cncc(NC(=O)COP(=O)(Oc2ccc(SC)cc2)Oc2cccc(S(C)(=O)=O)c2)c1. The van der Waals surface area contributed by atoms with Crippen molar-refractivity contribution in [2.75, 3.05) is 24.4 Å². The molecule has 1 amide bonds. The van der Waals surface area contributed by atoms with Gasteiger partial charge in [-0.2, -0.15) is 0 Å². The highest BCUT2D eigenvalue weighted by atomic mass is 32.2. The monoisotopic (exact) mass is 548 g/mol. The van der Waals surface area contributed by atoms with Gasteiger partial charge in [0.05, 0.1) is 16.8 Å². The van der Waals surface area contributed by atoms with E-state index in [-0.39, 0.29) is 16.4 Å². The number of aromatic nitrogens is 1. The lowest BCUT2D eigenvalue weighted by molar-refractivity contribution is -0.118. The van der Waals surface area contributed by atoms with Crippen LogP contribution in [0, 0.1) is 0 Å². The van der Waals surface area contributed by atoms with Gasteiger partial charge in [-0.25, -0.2) is 13.0 Å². The fourth-order valence-electron chi connectivity index (χ4n) is 2.90. The van der Waals surface area contributed by atoms with Crippen molar-refractivity contribution in [3.63, 3.8) is 0 Å². The number of sulfone groups is 1.